The van der Waals surface area contributed by atoms with Crippen LogP contribution in [0.2, 0.25) is 0 Å². The zero-order valence-electron chi connectivity index (χ0n) is 26.8. The molecule has 3 aliphatic rings. The Morgan fingerprint density at radius 3 is 2.61 bits per heavy atom. The molecule has 1 aliphatic carbocycles. The molecule has 0 bridgehead atoms. The first-order valence-electron chi connectivity index (χ1n) is 15.9. The lowest BCUT2D eigenvalue weighted by Crippen LogP contribution is -2.56. The number of aliphatic carboxylic acids is 1. The van der Waals surface area contributed by atoms with E-state index in [-0.39, 0.29) is 25.3 Å². The number of ether oxygens (including phenoxy) is 2. The number of hydrogen-bond donors (Lipinski definition) is 3. The molecule has 2 aromatic rings. The van der Waals surface area contributed by atoms with Crippen LogP contribution >= 0.6 is 0 Å². The summed E-state index contributed by atoms with van der Waals surface area (Å²) in [6, 6.07) is 4.76. The molecule has 3 amide bonds. The van der Waals surface area contributed by atoms with Crippen LogP contribution in [-0.2, 0) is 19.1 Å². The molecule has 2 fully saturated rings. The van der Waals surface area contributed by atoms with Crippen LogP contribution in [0.15, 0.2) is 36.4 Å². The fraction of sp³-hybridized carbons (Fsp3) is 0.594. The van der Waals surface area contributed by atoms with Crippen LogP contribution in [0.3, 0.4) is 0 Å². The van der Waals surface area contributed by atoms with Crippen molar-refractivity contribution in [3.63, 3.8) is 0 Å². The molecule has 248 valence electrons. The van der Waals surface area contributed by atoms with E-state index >= 15 is 0 Å². The van der Waals surface area contributed by atoms with Gasteiger partial charge in [0.15, 0.2) is 0 Å². The molecule has 14 heteroatoms. The van der Waals surface area contributed by atoms with Crippen molar-refractivity contribution < 1.29 is 33.8 Å². The van der Waals surface area contributed by atoms with E-state index in [1.54, 1.807) is 20.8 Å². The van der Waals surface area contributed by atoms with Crippen molar-refractivity contribution in [2.45, 2.75) is 102 Å². The van der Waals surface area contributed by atoms with Crippen molar-refractivity contribution in [3.8, 4) is 17.1 Å². The van der Waals surface area contributed by atoms with E-state index in [0.717, 1.165) is 19.3 Å². The molecule has 5 rings (SSSR count). The predicted molar refractivity (Wildman–Crippen MR) is 166 cm³/mol. The zero-order chi connectivity index (χ0) is 33.1. The third-order valence-corrected chi connectivity index (χ3v) is 8.51. The second-order valence-electron chi connectivity index (χ2n) is 13.1. The Labute approximate surface area is 267 Å². The van der Waals surface area contributed by atoms with E-state index in [4.69, 9.17) is 9.47 Å². The lowest BCUT2D eigenvalue weighted by Gasteiger charge is -2.30. The van der Waals surface area contributed by atoms with Gasteiger partial charge in [-0.05, 0) is 82.9 Å². The minimum absolute atomic E-state index is 0.0614. The molecule has 1 saturated heterocycles. The number of amides is 3. The summed E-state index contributed by atoms with van der Waals surface area (Å²) in [6.45, 7) is 7.71. The summed E-state index contributed by atoms with van der Waals surface area (Å²) in [6.07, 6.45) is 6.90. The predicted octanol–water partition coefficient (Wildman–Crippen LogP) is 3.25. The van der Waals surface area contributed by atoms with Crippen LogP contribution in [0.4, 0.5) is 4.79 Å². The third kappa shape index (κ3) is 7.48. The van der Waals surface area contributed by atoms with Crippen molar-refractivity contribution in [2.75, 3.05) is 13.2 Å². The second-order valence-corrected chi connectivity index (χ2v) is 13.1. The number of allylic oxidation sites excluding steroid dienone is 1. The first kappa shape index (κ1) is 32.9. The highest BCUT2D eigenvalue weighted by molar-refractivity contribution is 5.96. The number of carbonyl (C=O) groups excluding carboxylic acids is 3. The quantitative estimate of drug-likeness (QED) is 0.398. The summed E-state index contributed by atoms with van der Waals surface area (Å²) in [5.41, 5.74) is -1.48. The van der Waals surface area contributed by atoms with Gasteiger partial charge in [0.1, 0.15) is 29.0 Å². The molecular weight excluding hydrogens is 594 g/mol. The Bertz CT molecular complexity index is 1470. The summed E-state index contributed by atoms with van der Waals surface area (Å²) in [5, 5.41) is 28.6. The van der Waals surface area contributed by atoms with Gasteiger partial charge < -0.3 is 30.1 Å². The van der Waals surface area contributed by atoms with Gasteiger partial charge >= 0.3 is 12.1 Å². The first-order valence-corrected chi connectivity index (χ1v) is 15.9. The van der Waals surface area contributed by atoms with Gasteiger partial charge in [0, 0.05) is 24.4 Å². The van der Waals surface area contributed by atoms with Crippen LogP contribution in [0.1, 0.15) is 78.7 Å². The van der Waals surface area contributed by atoms with Gasteiger partial charge in [0.25, 0.3) is 0 Å². The Kier molecular flexibility index (Phi) is 9.63. The van der Waals surface area contributed by atoms with Crippen molar-refractivity contribution in [3.05, 3.63) is 36.4 Å². The first-order chi connectivity index (χ1) is 21.9. The van der Waals surface area contributed by atoms with Crippen LogP contribution < -0.4 is 15.4 Å². The SMILES string of the molecule is CCOc1ccc(-c2nnn([C@H]3C[C@H]4C(=O)N[C@@]5(C(=O)O)C[C@H]5/C=C\CCCCC[C@@H](NC(=O)OC(C)(C)C)C(=O)N4C3)n2)cc1. The number of nitrogens with zero attached hydrogens (tertiary/aromatic N) is 5. The molecule has 0 spiro atoms. The Morgan fingerprint density at radius 1 is 1.15 bits per heavy atom. The van der Waals surface area contributed by atoms with Gasteiger partial charge in [-0.3, -0.25) is 9.59 Å². The summed E-state index contributed by atoms with van der Waals surface area (Å²) < 4.78 is 11.0. The Balaban J connectivity index is 1.42. The molecule has 14 nitrogen and oxygen atoms in total. The summed E-state index contributed by atoms with van der Waals surface area (Å²) in [5.74, 6) is -1.40. The number of carboxylic acid groups (broad SMARTS) is 1. The lowest BCUT2D eigenvalue weighted by molar-refractivity contribution is -0.145. The molecule has 3 N–H and O–H groups in total. The topological polar surface area (TPSA) is 178 Å². The van der Waals surface area contributed by atoms with E-state index < -0.39 is 53.1 Å². The van der Waals surface area contributed by atoms with Gasteiger partial charge in [-0.1, -0.05) is 25.0 Å². The molecule has 0 unspecified atom stereocenters. The largest absolute Gasteiger partial charge is 0.494 e. The molecule has 1 aromatic heterocycles. The highest BCUT2D eigenvalue weighted by Gasteiger charge is 2.61. The standard InChI is InChI=1S/C32H43N7O7/c1-5-45-23-15-13-20(14-16-23)26-35-37-39(36-26)22-17-25-27(40)34-32(29(42)43)18-21(32)11-9-7-6-8-10-12-24(28(41)38(25)19-22)33-30(44)46-31(2,3)4/h9,11,13-16,21-22,24-25H,5-8,10,12,17-19H2,1-4H3,(H,33,44)(H,34,40)(H,42,43)/b11-9-/t21-,22+,24-,25+,32+/m1/s1. The van der Waals surface area contributed by atoms with E-state index in [2.05, 4.69) is 26.0 Å². The molecule has 1 aromatic carbocycles. The number of carboxylic acids is 1. The van der Waals surface area contributed by atoms with Gasteiger partial charge in [-0.2, -0.15) is 4.80 Å². The fourth-order valence-electron chi connectivity index (χ4n) is 6.06. The highest BCUT2D eigenvalue weighted by atomic mass is 16.6. The van der Waals surface area contributed by atoms with Crippen LogP contribution in [0.5, 0.6) is 5.75 Å². The highest BCUT2D eigenvalue weighted by Crippen LogP contribution is 2.45. The van der Waals surface area contributed by atoms with Crippen molar-refractivity contribution in [1.82, 2.24) is 35.7 Å². The number of aromatic nitrogens is 4. The number of hydrogen-bond acceptors (Lipinski definition) is 9. The Morgan fingerprint density at radius 2 is 1.91 bits per heavy atom. The van der Waals surface area contributed by atoms with Gasteiger partial charge in [-0.15, -0.1) is 10.2 Å². The van der Waals surface area contributed by atoms with Gasteiger partial charge in [0.2, 0.25) is 17.6 Å². The fourth-order valence-corrected chi connectivity index (χ4v) is 6.06. The number of alkyl carbamates (subject to hydrolysis) is 1. The number of benzene rings is 1. The summed E-state index contributed by atoms with van der Waals surface area (Å²) in [4.78, 5) is 56.0. The van der Waals surface area contributed by atoms with Gasteiger partial charge in [-0.25, -0.2) is 9.59 Å². The second kappa shape index (κ2) is 13.5. The lowest BCUT2D eigenvalue weighted by atomic mass is 10.0. The van der Waals surface area contributed by atoms with Crippen LogP contribution in [0, 0.1) is 5.92 Å². The summed E-state index contributed by atoms with van der Waals surface area (Å²) in [7, 11) is 0. The zero-order valence-corrected chi connectivity index (χ0v) is 26.8. The number of carbonyl (C=O) groups is 4. The molecule has 2 aliphatic heterocycles. The average molecular weight is 638 g/mol. The maximum absolute atomic E-state index is 14.2. The van der Waals surface area contributed by atoms with E-state index in [1.165, 1.54) is 9.70 Å². The molecular formula is C32H43N7O7. The minimum atomic E-state index is -1.43. The molecule has 0 radical (unpaired) electrons. The third-order valence-electron chi connectivity index (χ3n) is 8.51. The number of rotatable bonds is 6. The van der Waals surface area contributed by atoms with Crippen molar-refractivity contribution in [2.24, 2.45) is 5.92 Å². The van der Waals surface area contributed by atoms with Crippen LogP contribution in [0.25, 0.3) is 11.4 Å². The van der Waals surface area contributed by atoms with Crippen LogP contribution in [-0.4, -0.2) is 90.5 Å². The minimum Gasteiger partial charge on any atom is -0.494 e. The normalized spacial score (nSPS) is 27.7. The van der Waals surface area contributed by atoms with Gasteiger partial charge in [0.05, 0.1) is 12.6 Å². The smallest absolute Gasteiger partial charge is 0.408 e. The van der Waals surface area contributed by atoms with Crippen molar-refractivity contribution in [1.29, 1.82) is 0 Å². The Hall–Kier alpha value is -4.49. The molecule has 1 saturated carbocycles. The maximum Gasteiger partial charge on any atom is 0.408 e. The van der Waals surface area contributed by atoms with Crippen molar-refractivity contribution >= 4 is 23.9 Å². The molecule has 3 heterocycles. The molecule has 46 heavy (non-hydrogen) atoms. The monoisotopic (exact) mass is 637 g/mol. The number of fused-ring (bicyclic) bond motifs is 2. The number of tetrazole rings is 1. The summed E-state index contributed by atoms with van der Waals surface area (Å²) >= 11 is 0. The van der Waals surface area contributed by atoms with E-state index in [1.807, 2.05) is 43.3 Å². The van der Waals surface area contributed by atoms with E-state index in [9.17, 15) is 24.3 Å². The van der Waals surface area contributed by atoms with E-state index in [0.29, 0.717) is 36.6 Å². The number of nitrogens with one attached hydrogen (secondary N) is 2. The maximum atomic E-state index is 14.2. The average Bonchev–Trinajstić information content (AvgIpc) is 3.31. The molecule has 5 atom stereocenters.